The number of nitrogen functional groups attached to an aromatic ring is 1. The van der Waals surface area contributed by atoms with E-state index >= 15 is 0 Å². The molecule has 1 aromatic heterocycles. The third-order valence-corrected chi connectivity index (χ3v) is 5.83. The largest absolute Gasteiger partial charge is 0.399 e. The van der Waals surface area contributed by atoms with E-state index in [2.05, 4.69) is 30.4 Å². The predicted molar refractivity (Wildman–Crippen MR) is 91.9 cm³/mol. The quantitative estimate of drug-likeness (QED) is 0.716. The number of carbonyl (C=O) groups is 1. The van der Waals surface area contributed by atoms with Crippen LogP contribution in [0.5, 0.6) is 0 Å². The molecular weight excluding hydrogens is 282 g/mol. The Kier molecular flexibility index (Phi) is 4.83. The van der Waals surface area contributed by atoms with Crippen LogP contribution in [0.4, 0.5) is 5.69 Å². The van der Waals surface area contributed by atoms with E-state index in [0.29, 0.717) is 17.8 Å². The van der Waals surface area contributed by atoms with Gasteiger partial charge in [-0.2, -0.15) is 11.8 Å². The van der Waals surface area contributed by atoms with Crippen LogP contribution in [0.2, 0.25) is 0 Å². The summed E-state index contributed by atoms with van der Waals surface area (Å²) in [4.78, 5) is 15.6. The number of fused-ring (bicyclic) bond motifs is 1. The zero-order chi connectivity index (χ0) is 15.5. The number of aromatic nitrogens is 1. The molecule has 0 aliphatic carbocycles. The predicted octanol–water partition coefficient (Wildman–Crippen LogP) is 3.40. The first-order chi connectivity index (χ1) is 10.0. The Balaban J connectivity index is 2.17. The first-order valence-electron chi connectivity index (χ1n) is 7.25. The number of carbonyl (C=O) groups excluding carboxylic acids is 1. The molecule has 0 spiro atoms. The van der Waals surface area contributed by atoms with Crippen molar-refractivity contribution in [3.05, 3.63) is 30.0 Å². The van der Waals surface area contributed by atoms with Crippen LogP contribution in [0.1, 0.15) is 37.0 Å². The van der Waals surface area contributed by atoms with Crippen molar-refractivity contribution in [2.75, 3.05) is 18.5 Å². The molecule has 0 bridgehead atoms. The number of nitrogens with two attached hydrogens (primary N) is 1. The van der Waals surface area contributed by atoms with E-state index in [-0.39, 0.29) is 10.7 Å². The molecule has 4 N–H and O–H groups in total. The summed E-state index contributed by atoms with van der Waals surface area (Å²) in [5.74, 6) is -0.0489. The summed E-state index contributed by atoms with van der Waals surface area (Å²) in [5.41, 5.74) is 8.05. The van der Waals surface area contributed by atoms with Crippen LogP contribution in [-0.2, 0) is 0 Å². The molecule has 0 aliphatic rings. The van der Waals surface area contributed by atoms with Crippen LogP contribution in [0, 0.1) is 0 Å². The van der Waals surface area contributed by atoms with Gasteiger partial charge in [0.1, 0.15) is 0 Å². The molecule has 1 amide bonds. The highest BCUT2D eigenvalue weighted by atomic mass is 32.2. The van der Waals surface area contributed by atoms with Gasteiger partial charge in [-0.15, -0.1) is 0 Å². The second-order valence-electron chi connectivity index (χ2n) is 5.28. The van der Waals surface area contributed by atoms with E-state index in [4.69, 9.17) is 5.73 Å². The van der Waals surface area contributed by atoms with Crippen LogP contribution in [-0.4, -0.2) is 28.4 Å². The van der Waals surface area contributed by atoms with Crippen molar-refractivity contribution in [2.24, 2.45) is 0 Å². The highest BCUT2D eigenvalue weighted by Gasteiger charge is 2.26. The number of amides is 1. The standard InChI is InChI=1S/C16H23N3OS/c1-4-16(5-2,21-3)10-19-15(20)13-9-18-14-7-6-11(17)8-12(13)14/h6-9,18H,4-5,10,17H2,1-3H3,(H,19,20). The van der Waals surface area contributed by atoms with Gasteiger partial charge in [-0.25, -0.2) is 0 Å². The van der Waals surface area contributed by atoms with Gasteiger partial charge in [0.25, 0.3) is 5.91 Å². The molecule has 2 rings (SSSR count). The number of aromatic amines is 1. The van der Waals surface area contributed by atoms with Crippen molar-refractivity contribution in [1.29, 1.82) is 0 Å². The molecule has 0 saturated heterocycles. The van der Waals surface area contributed by atoms with Gasteiger partial charge >= 0.3 is 0 Å². The lowest BCUT2D eigenvalue weighted by Crippen LogP contribution is -2.39. The van der Waals surface area contributed by atoms with Gasteiger partial charge in [-0.3, -0.25) is 4.79 Å². The summed E-state index contributed by atoms with van der Waals surface area (Å²) in [6.45, 7) is 5.01. The van der Waals surface area contributed by atoms with E-state index < -0.39 is 0 Å². The molecule has 0 saturated carbocycles. The van der Waals surface area contributed by atoms with Gasteiger partial charge in [0, 0.05) is 34.1 Å². The second kappa shape index (κ2) is 6.43. The molecule has 0 radical (unpaired) electrons. The van der Waals surface area contributed by atoms with Crippen LogP contribution < -0.4 is 11.1 Å². The highest BCUT2D eigenvalue weighted by molar-refractivity contribution is 8.00. The topological polar surface area (TPSA) is 70.9 Å². The highest BCUT2D eigenvalue weighted by Crippen LogP contribution is 2.29. The van der Waals surface area contributed by atoms with Crippen LogP contribution in [0.3, 0.4) is 0 Å². The SMILES string of the molecule is CCC(CC)(CNC(=O)c1c[nH]c2ccc(N)cc12)SC. The normalized spacial score (nSPS) is 11.8. The fourth-order valence-corrected chi connectivity index (χ4v) is 3.32. The minimum atomic E-state index is -0.0489. The molecule has 4 nitrogen and oxygen atoms in total. The number of nitrogens with one attached hydrogen (secondary N) is 2. The fraction of sp³-hybridized carbons (Fsp3) is 0.438. The Bertz CT molecular complexity index is 623. The summed E-state index contributed by atoms with van der Waals surface area (Å²) in [6, 6.07) is 5.56. The van der Waals surface area contributed by atoms with Gasteiger partial charge in [-0.1, -0.05) is 13.8 Å². The Labute approximate surface area is 129 Å². The zero-order valence-corrected chi connectivity index (χ0v) is 13.6. The Morgan fingerprint density at radius 2 is 2.10 bits per heavy atom. The van der Waals surface area contributed by atoms with Crippen molar-refractivity contribution in [3.63, 3.8) is 0 Å². The Morgan fingerprint density at radius 1 is 1.38 bits per heavy atom. The molecule has 1 aromatic carbocycles. The summed E-state index contributed by atoms with van der Waals surface area (Å²) in [7, 11) is 0. The number of anilines is 1. The van der Waals surface area contributed by atoms with Crippen LogP contribution in [0.15, 0.2) is 24.4 Å². The smallest absolute Gasteiger partial charge is 0.253 e. The molecule has 2 aromatic rings. The average molecular weight is 305 g/mol. The maximum Gasteiger partial charge on any atom is 0.253 e. The first kappa shape index (κ1) is 15.8. The maximum absolute atomic E-state index is 12.4. The molecule has 1 heterocycles. The monoisotopic (exact) mass is 305 g/mol. The van der Waals surface area contributed by atoms with Gasteiger partial charge in [0.2, 0.25) is 0 Å². The Hall–Kier alpha value is -1.62. The minimum Gasteiger partial charge on any atom is -0.399 e. The molecule has 0 unspecified atom stereocenters. The molecule has 0 atom stereocenters. The molecule has 21 heavy (non-hydrogen) atoms. The number of thioether (sulfide) groups is 1. The number of hydrogen-bond donors (Lipinski definition) is 3. The van der Waals surface area contributed by atoms with Gasteiger partial charge in [-0.05, 0) is 37.3 Å². The molecule has 0 fully saturated rings. The lowest BCUT2D eigenvalue weighted by atomic mass is 10.0. The molecule has 0 aliphatic heterocycles. The van der Waals surface area contributed by atoms with E-state index in [0.717, 1.165) is 23.7 Å². The second-order valence-corrected chi connectivity index (χ2v) is 6.56. The van der Waals surface area contributed by atoms with Crippen LogP contribution in [0.25, 0.3) is 10.9 Å². The number of hydrogen-bond acceptors (Lipinski definition) is 3. The third kappa shape index (κ3) is 3.18. The van der Waals surface area contributed by atoms with E-state index in [1.54, 1.807) is 6.20 Å². The average Bonchev–Trinajstić information content (AvgIpc) is 2.92. The zero-order valence-electron chi connectivity index (χ0n) is 12.8. The van der Waals surface area contributed by atoms with Crippen molar-refractivity contribution in [3.8, 4) is 0 Å². The summed E-state index contributed by atoms with van der Waals surface area (Å²) >= 11 is 1.82. The van der Waals surface area contributed by atoms with Crippen molar-refractivity contribution in [2.45, 2.75) is 31.4 Å². The first-order valence-corrected chi connectivity index (χ1v) is 8.47. The van der Waals surface area contributed by atoms with Crippen molar-refractivity contribution >= 4 is 34.3 Å². The van der Waals surface area contributed by atoms with E-state index in [1.165, 1.54) is 0 Å². The summed E-state index contributed by atoms with van der Waals surface area (Å²) in [5, 5.41) is 3.94. The molecule has 114 valence electrons. The number of rotatable bonds is 6. The maximum atomic E-state index is 12.4. The van der Waals surface area contributed by atoms with Crippen molar-refractivity contribution in [1.82, 2.24) is 10.3 Å². The third-order valence-electron chi connectivity index (χ3n) is 4.24. The lowest BCUT2D eigenvalue weighted by Gasteiger charge is -2.29. The minimum absolute atomic E-state index is 0.0489. The summed E-state index contributed by atoms with van der Waals surface area (Å²) in [6.07, 6.45) is 5.92. The fourth-order valence-electron chi connectivity index (χ4n) is 2.52. The molecular formula is C16H23N3OS. The van der Waals surface area contributed by atoms with Gasteiger partial charge in [0.05, 0.1) is 5.56 Å². The molecule has 5 heteroatoms. The lowest BCUT2D eigenvalue weighted by molar-refractivity contribution is 0.0950. The summed E-state index contributed by atoms with van der Waals surface area (Å²) < 4.78 is 0.112. The van der Waals surface area contributed by atoms with E-state index in [1.807, 2.05) is 30.0 Å². The van der Waals surface area contributed by atoms with Crippen molar-refractivity contribution < 1.29 is 4.79 Å². The number of H-pyrrole nitrogens is 1. The van der Waals surface area contributed by atoms with Crippen LogP contribution >= 0.6 is 11.8 Å². The van der Waals surface area contributed by atoms with E-state index in [9.17, 15) is 4.79 Å². The number of benzene rings is 1. The Morgan fingerprint density at radius 3 is 2.71 bits per heavy atom. The van der Waals surface area contributed by atoms with Gasteiger partial charge in [0.15, 0.2) is 0 Å². The van der Waals surface area contributed by atoms with Gasteiger partial charge < -0.3 is 16.0 Å².